The first-order valence-electron chi connectivity index (χ1n) is 4.38. The van der Waals surface area contributed by atoms with Gasteiger partial charge in [0.1, 0.15) is 0 Å². The summed E-state index contributed by atoms with van der Waals surface area (Å²) in [4.78, 5) is 1.79. The van der Waals surface area contributed by atoms with Crippen molar-refractivity contribution in [1.82, 2.24) is 9.89 Å². The fourth-order valence-corrected chi connectivity index (χ4v) is 1.26. The first kappa shape index (κ1) is 8.10. The van der Waals surface area contributed by atoms with Crippen LogP contribution in [0.1, 0.15) is 13.8 Å². The Morgan fingerprint density at radius 2 is 2.38 bits per heavy atom. The van der Waals surface area contributed by atoms with Gasteiger partial charge in [0.15, 0.2) is 0 Å². The van der Waals surface area contributed by atoms with Crippen molar-refractivity contribution in [3.63, 3.8) is 0 Å². The topological polar surface area (TPSA) is 29.9 Å². The van der Waals surface area contributed by atoms with Gasteiger partial charge in [0, 0.05) is 11.4 Å². The predicted molar refractivity (Wildman–Crippen MR) is 53.1 cm³/mol. The average Bonchev–Trinajstić information content (AvgIpc) is 2.48. The lowest BCUT2D eigenvalue weighted by molar-refractivity contribution is 0.685. The first-order chi connectivity index (χ1) is 6.27. The van der Waals surface area contributed by atoms with Gasteiger partial charge in [0.05, 0.1) is 11.7 Å². The van der Waals surface area contributed by atoms with E-state index < -0.39 is 0 Å². The van der Waals surface area contributed by atoms with Gasteiger partial charge in [0.25, 0.3) is 0 Å². The van der Waals surface area contributed by atoms with Gasteiger partial charge in [-0.2, -0.15) is 9.89 Å². The van der Waals surface area contributed by atoms with Gasteiger partial charge in [-0.05, 0) is 26.0 Å². The molecule has 0 amide bonds. The van der Waals surface area contributed by atoms with Crippen LogP contribution in [-0.2, 0) is 0 Å². The highest BCUT2D eigenvalue weighted by atomic mass is 15.6. The predicted octanol–water partition coefficient (Wildman–Crippen LogP) is 1.79. The van der Waals surface area contributed by atoms with E-state index in [0.29, 0.717) is 6.04 Å². The van der Waals surface area contributed by atoms with Gasteiger partial charge in [-0.3, -0.25) is 0 Å². The van der Waals surface area contributed by atoms with Crippen LogP contribution >= 0.6 is 0 Å². The molecule has 1 heterocycles. The second-order valence-electron chi connectivity index (χ2n) is 3.33. The van der Waals surface area contributed by atoms with Crippen LogP contribution in [0.3, 0.4) is 0 Å². The minimum atomic E-state index is 0.378. The van der Waals surface area contributed by atoms with Gasteiger partial charge in [-0.1, -0.05) is 12.1 Å². The summed E-state index contributed by atoms with van der Waals surface area (Å²) in [5, 5.41) is 5.35. The van der Waals surface area contributed by atoms with E-state index in [4.69, 9.17) is 0 Å². The largest absolute Gasteiger partial charge is 0.307 e. The number of rotatable bonds is 2. The summed E-state index contributed by atoms with van der Waals surface area (Å²) >= 11 is 0. The number of aromatic nitrogens is 2. The van der Waals surface area contributed by atoms with E-state index in [1.165, 1.54) is 0 Å². The molecule has 2 aromatic rings. The maximum atomic E-state index is 4.22. The lowest BCUT2D eigenvalue weighted by Gasteiger charge is -2.10. The molecule has 0 bridgehead atoms. The third kappa shape index (κ3) is 1.49. The Labute approximate surface area is 77.3 Å². The highest BCUT2D eigenvalue weighted by Gasteiger charge is 2.01. The van der Waals surface area contributed by atoms with Crippen LogP contribution in [-0.4, -0.2) is 15.9 Å². The van der Waals surface area contributed by atoms with Crippen molar-refractivity contribution >= 4 is 10.9 Å². The molecule has 13 heavy (non-hydrogen) atoms. The van der Waals surface area contributed by atoms with E-state index in [-0.39, 0.29) is 0 Å². The molecule has 1 radical (unpaired) electrons. The Kier molecular flexibility index (Phi) is 1.93. The maximum Gasteiger partial charge on any atom is 0.0924 e. The number of hydrogen-bond donors (Lipinski definition) is 1. The van der Waals surface area contributed by atoms with Crippen molar-refractivity contribution in [2.75, 3.05) is 5.43 Å². The molecule has 0 atom stereocenters. The zero-order valence-electron chi connectivity index (χ0n) is 7.78. The second kappa shape index (κ2) is 3.09. The third-order valence-corrected chi connectivity index (χ3v) is 1.80. The molecule has 2 rings (SSSR count). The van der Waals surface area contributed by atoms with E-state index in [2.05, 4.69) is 30.4 Å². The van der Waals surface area contributed by atoms with Crippen LogP contribution in [0.2, 0.25) is 0 Å². The van der Waals surface area contributed by atoms with Crippen LogP contribution < -0.4 is 5.43 Å². The molecular formula is C10H12N3. The van der Waals surface area contributed by atoms with Gasteiger partial charge in [-0.25, -0.2) is 0 Å². The van der Waals surface area contributed by atoms with E-state index >= 15 is 0 Å². The molecule has 0 unspecified atom stereocenters. The molecule has 1 aromatic carbocycles. The lowest BCUT2D eigenvalue weighted by atomic mass is 10.3. The van der Waals surface area contributed by atoms with E-state index in [0.717, 1.165) is 10.9 Å². The summed E-state index contributed by atoms with van der Waals surface area (Å²) < 4.78 is 0. The average molecular weight is 174 g/mol. The molecule has 3 heteroatoms. The smallest absolute Gasteiger partial charge is 0.0924 e. The molecule has 0 aliphatic rings. The number of nitrogens with one attached hydrogen (secondary N) is 1. The summed E-state index contributed by atoms with van der Waals surface area (Å²) in [7, 11) is 0. The Morgan fingerprint density at radius 3 is 3.15 bits per heavy atom. The normalized spacial score (nSPS) is 11.0. The van der Waals surface area contributed by atoms with Crippen molar-refractivity contribution in [3.8, 4) is 0 Å². The Hall–Kier alpha value is -1.51. The summed E-state index contributed by atoms with van der Waals surface area (Å²) in [5.74, 6) is 0. The molecule has 0 aliphatic heterocycles. The third-order valence-electron chi connectivity index (χ3n) is 1.80. The molecule has 0 aliphatic carbocycles. The molecule has 0 fully saturated rings. The standard InChI is InChI=1S/C10H12N3/c1-8(2)12-13-10-6-4-3-5-9(10)7-11-13/h3,5-8,12H,1-2H3. The van der Waals surface area contributed by atoms with Crippen LogP contribution in [0.25, 0.3) is 10.9 Å². The molecule has 0 saturated heterocycles. The van der Waals surface area contributed by atoms with Crippen LogP contribution in [0, 0.1) is 6.07 Å². The van der Waals surface area contributed by atoms with Gasteiger partial charge in [0.2, 0.25) is 0 Å². The quantitative estimate of drug-likeness (QED) is 0.752. The fourth-order valence-electron chi connectivity index (χ4n) is 1.26. The number of hydrogen-bond acceptors (Lipinski definition) is 2. The highest BCUT2D eigenvalue weighted by Crippen LogP contribution is 2.10. The SMILES string of the molecule is CC(C)Nn1ncc2cc[c]cc21. The maximum absolute atomic E-state index is 4.22. The molecule has 1 N–H and O–H groups in total. The van der Waals surface area contributed by atoms with Crippen molar-refractivity contribution in [3.05, 3.63) is 30.5 Å². The van der Waals surface area contributed by atoms with E-state index in [1.54, 1.807) is 4.79 Å². The fraction of sp³-hybridized carbons (Fsp3) is 0.300. The van der Waals surface area contributed by atoms with Gasteiger partial charge < -0.3 is 5.43 Å². The zero-order valence-corrected chi connectivity index (χ0v) is 7.78. The number of nitrogens with zero attached hydrogens (tertiary/aromatic N) is 2. The first-order valence-corrected chi connectivity index (χ1v) is 4.38. The van der Waals surface area contributed by atoms with Gasteiger partial charge in [-0.15, -0.1) is 0 Å². The number of fused-ring (bicyclic) bond motifs is 1. The second-order valence-corrected chi connectivity index (χ2v) is 3.33. The van der Waals surface area contributed by atoms with Crippen molar-refractivity contribution in [1.29, 1.82) is 0 Å². The Bertz CT molecular complexity index is 403. The summed E-state index contributed by atoms with van der Waals surface area (Å²) in [6, 6.07) is 9.23. The molecule has 3 nitrogen and oxygen atoms in total. The van der Waals surface area contributed by atoms with E-state index in [9.17, 15) is 0 Å². The molecule has 0 saturated carbocycles. The molecule has 67 valence electrons. The zero-order chi connectivity index (χ0) is 9.26. The molecule has 0 spiro atoms. The van der Waals surface area contributed by atoms with Crippen molar-refractivity contribution < 1.29 is 0 Å². The highest BCUT2D eigenvalue weighted by molar-refractivity contribution is 5.78. The number of benzene rings is 1. The Morgan fingerprint density at radius 1 is 1.54 bits per heavy atom. The lowest BCUT2D eigenvalue weighted by Crippen LogP contribution is -2.22. The van der Waals surface area contributed by atoms with Crippen molar-refractivity contribution in [2.24, 2.45) is 0 Å². The van der Waals surface area contributed by atoms with Crippen molar-refractivity contribution in [2.45, 2.75) is 19.9 Å². The monoisotopic (exact) mass is 174 g/mol. The summed E-state index contributed by atoms with van der Waals surface area (Å²) in [5.41, 5.74) is 4.28. The Balaban J connectivity index is 2.46. The summed E-state index contributed by atoms with van der Waals surface area (Å²) in [6.07, 6.45) is 1.85. The molecular weight excluding hydrogens is 162 g/mol. The van der Waals surface area contributed by atoms with Crippen LogP contribution in [0.15, 0.2) is 24.4 Å². The minimum Gasteiger partial charge on any atom is -0.307 e. The summed E-state index contributed by atoms with van der Waals surface area (Å²) in [6.45, 7) is 4.17. The van der Waals surface area contributed by atoms with Gasteiger partial charge >= 0.3 is 0 Å². The van der Waals surface area contributed by atoms with Crippen LogP contribution in [0.5, 0.6) is 0 Å². The van der Waals surface area contributed by atoms with Crippen LogP contribution in [0.4, 0.5) is 0 Å². The molecule has 1 aromatic heterocycles. The minimum absolute atomic E-state index is 0.378. The van der Waals surface area contributed by atoms with E-state index in [1.807, 2.05) is 24.4 Å².